The molecule has 3 aromatic rings. The van der Waals surface area contributed by atoms with Crippen LogP contribution < -0.4 is 4.90 Å². The quantitative estimate of drug-likeness (QED) is 0.681. The van der Waals surface area contributed by atoms with Gasteiger partial charge in [-0.2, -0.15) is 4.98 Å². The molecule has 24 heavy (non-hydrogen) atoms. The summed E-state index contributed by atoms with van der Waals surface area (Å²) in [4.78, 5) is 17.3. The molecule has 7 heteroatoms. The van der Waals surface area contributed by atoms with Crippen molar-refractivity contribution in [3.8, 4) is 0 Å². The van der Waals surface area contributed by atoms with Crippen LogP contribution in [0.5, 0.6) is 0 Å². The molecule has 0 bridgehead atoms. The number of ether oxygens (including phenoxy) is 1. The van der Waals surface area contributed by atoms with Gasteiger partial charge in [0.25, 0.3) is 0 Å². The number of fused-ring (bicyclic) bond motifs is 3. The Bertz CT molecular complexity index is 893. The maximum atomic E-state index is 6.28. The Hall–Kier alpha value is -1.99. The Balaban J connectivity index is 1.41. The number of rotatable bonds is 1. The molecule has 0 N–H and O–H groups in total. The summed E-state index contributed by atoms with van der Waals surface area (Å²) in [6, 6.07) is 2.26. The van der Waals surface area contributed by atoms with Gasteiger partial charge in [0.05, 0.1) is 24.7 Å². The molecule has 0 aromatic carbocycles. The Kier molecular flexibility index (Phi) is 3.14. The molecule has 2 aliphatic heterocycles. The molecule has 1 saturated heterocycles. The summed E-state index contributed by atoms with van der Waals surface area (Å²) >= 11 is 1.87. The first kappa shape index (κ1) is 14.4. The van der Waals surface area contributed by atoms with Crippen molar-refractivity contribution in [1.29, 1.82) is 0 Å². The number of anilines is 1. The van der Waals surface area contributed by atoms with Crippen LogP contribution in [0.1, 0.15) is 23.3 Å². The fourth-order valence-electron chi connectivity index (χ4n) is 3.90. The number of hydrogen-bond acceptors (Lipinski definition) is 6. The van der Waals surface area contributed by atoms with Gasteiger partial charge in [0.15, 0.2) is 5.65 Å². The van der Waals surface area contributed by atoms with Crippen molar-refractivity contribution in [1.82, 2.24) is 19.5 Å². The highest BCUT2D eigenvalue weighted by molar-refractivity contribution is 7.10. The summed E-state index contributed by atoms with van der Waals surface area (Å²) in [6.07, 6.45) is 6.63. The third-order valence-corrected chi connectivity index (χ3v) is 6.22. The summed E-state index contributed by atoms with van der Waals surface area (Å²) in [6.45, 7) is 2.67. The van der Waals surface area contributed by atoms with Gasteiger partial charge in [0.2, 0.25) is 5.95 Å². The SMILES string of the molecule is Cn1cnc2cnc(N3CCC4(CC3)OCCc3sccc34)nc21. The van der Waals surface area contributed by atoms with Gasteiger partial charge in [-0.3, -0.25) is 0 Å². The lowest BCUT2D eigenvalue weighted by Gasteiger charge is -2.44. The van der Waals surface area contributed by atoms with Gasteiger partial charge < -0.3 is 14.2 Å². The molecular formula is C17H19N5OS. The van der Waals surface area contributed by atoms with Crippen LogP contribution in [0.2, 0.25) is 0 Å². The standard InChI is InChI=1S/C17H19N5OS/c1-21-11-19-13-10-18-16(20-15(13)21)22-6-4-17(5-7-22)12-3-9-24-14(12)2-8-23-17/h3,9-11H,2,4-8H2,1H3. The van der Waals surface area contributed by atoms with E-state index in [2.05, 4.69) is 26.3 Å². The number of aryl methyl sites for hydroxylation is 1. The van der Waals surface area contributed by atoms with E-state index in [1.165, 1.54) is 10.4 Å². The predicted molar refractivity (Wildman–Crippen MR) is 93.4 cm³/mol. The van der Waals surface area contributed by atoms with E-state index in [9.17, 15) is 0 Å². The van der Waals surface area contributed by atoms with Gasteiger partial charge in [-0.1, -0.05) is 0 Å². The van der Waals surface area contributed by atoms with Crippen molar-refractivity contribution in [3.05, 3.63) is 34.4 Å². The monoisotopic (exact) mass is 341 g/mol. The molecule has 1 fully saturated rings. The largest absolute Gasteiger partial charge is 0.370 e. The lowest BCUT2D eigenvalue weighted by Crippen LogP contribution is -2.46. The van der Waals surface area contributed by atoms with Crippen LogP contribution in [0.15, 0.2) is 24.0 Å². The van der Waals surface area contributed by atoms with Crippen LogP contribution in [-0.4, -0.2) is 39.2 Å². The molecule has 5 heterocycles. The highest BCUT2D eigenvalue weighted by Crippen LogP contribution is 2.43. The summed E-state index contributed by atoms with van der Waals surface area (Å²) in [5.41, 5.74) is 3.05. The van der Waals surface area contributed by atoms with Crippen LogP contribution in [0.3, 0.4) is 0 Å². The van der Waals surface area contributed by atoms with Gasteiger partial charge in [-0.15, -0.1) is 11.3 Å². The maximum Gasteiger partial charge on any atom is 0.227 e. The Labute approximate surface area is 144 Å². The smallest absolute Gasteiger partial charge is 0.227 e. The summed E-state index contributed by atoms with van der Waals surface area (Å²) in [5, 5.41) is 2.20. The zero-order valence-corrected chi connectivity index (χ0v) is 14.4. The van der Waals surface area contributed by atoms with E-state index in [1.54, 1.807) is 6.33 Å². The number of piperidine rings is 1. The second-order valence-electron chi connectivity index (χ2n) is 6.57. The highest BCUT2D eigenvalue weighted by Gasteiger charge is 2.41. The molecule has 5 rings (SSSR count). The molecule has 124 valence electrons. The molecule has 0 aliphatic carbocycles. The summed E-state index contributed by atoms with van der Waals surface area (Å²) in [5.74, 6) is 0.794. The second-order valence-corrected chi connectivity index (χ2v) is 7.57. The van der Waals surface area contributed by atoms with E-state index < -0.39 is 0 Å². The second kappa shape index (κ2) is 5.26. The molecule has 1 spiro atoms. The summed E-state index contributed by atoms with van der Waals surface area (Å²) < 4.78 is 8.22. The molecule has 3 aromatic heterocycles. The lowest BCUT2D eigenvalue weighted by atomic mass is 9.82. The van der Waals surface area contributed by atoms with Crippen LogP contribution in [0, 0.1) is 0 Å². The molecular weight excluding hydrogens is 322 g/mol. The van der Waals surface area contributed by atoms with Crippen LogP contribution in [-0.2, 0) is 23.8 Å². The van der Waals surface area contributed by atoms with Crippen LogP contribution >= 0.6 is 11.3 Å². The third-order valence-electron chi connectivity index (χ3n) is 5.24. The first-order chi connectivity index (χ1) is 11.8. The van der Waals surface area contributed by atoms with Crippen molar-refractivity contribution in [2.45, 2.75) is 24.9 Å². The fourth-order valence-corrected chi connectivity index (χ4v) is 4.85. The first-order valence-corrected chi connectivity index (χ1v) is 9.23. The zero-order chi connectivity index (χ0) is 16.1. The van der Waals surface area contributed by atoms with E-state index in [-0.39, 0.29) is 5.60 Å². The van der Waals surface area contributed by atoms with Crippen molar-refractivity contribution < 1.29 is 4.74 Å². The normalized spacial score (nSPS) is 19.8. The minimum absolute atomic E-state index is 0.0965. The average Bonchev–Trinajstić information content (AvgIpc) is 3.24. The van der Waals surface area contributed by atoms with E-state index in [0.717, 1.165) is 56.1 Å². The number of hydrogen-bond donors (Lipinski definition) is 0. The molecule has 0 saturated carbocycles. The number of aromatic nitrogens is 4. The van der Waals surface area contributed by atoms with E-state index in [4.69, 9.17) is 9.72 Å². The van der Waals surface area contributed by atoms with Crippen LogP contribution in [0.4, 0.5) is 5.95 Å². The lowest BCUT2D eigenvalue weighted by molar-refractivity contribution is -0.0757. The van der Waals surface area contributed by atoms with Crippen LogP contribution in [0.25, 0.3) is 11.2 Å². The molecule has 6 nitrogen and oxygen atoms in total. The zero-order valence-electron chi connectivity index (χ0n) is 13.6. The van der Waals surface area contributed by atoms with Gasteiger partial charge >= 0.3 is 0 Å². The predicted octanol–water partition coefficient (Wildman–Crippen LogP) is 2.49. The Morgan fingerprint density at radius 1 is 1.25 bits per heavy atom. The molecule has 2 aliphatic rings. The van der Waals surface area contributed by atoms with Gasteiger partial charge in [-0.25, -0.2) is 9.97 Å². The maximum absolute atomic E-state index is 6.28. The molecule has 0 atom stereocenters. The van der Waals surface area contributed by atoms with Gasteiger partial charge in [0, 0.05) is 31.4 Å². The van der Waals surface area contributed by atoms with E-state index >= 15 is 0 Å². The minimum Gasteiger partial charge on any atom is -0.370 e. The number of thiophene rings is 1. The van der Waals surface area contributed by atoms with Gasteiger partial charge in [-0.05, 0) is 29.9 Å². The van der Waals surface area contributed by atoms with Crippen molar-refractivity contribution in [2.24, 2.45) is 7.05 Å². The first-order valence-electron chi connectivity index (χ1n) is 8.35. The highest BCUT2D eigenvalue weighted by atomic mass is 32.1. The third kappa shape index (κ3) is 2.08. The fraction of sp³-hybridized carbons (Fsp3) is 0.471. The van der Waals surface area contributed by atoms with E-state index in [0.29, 0.717) is 0 Å². The molecule has 0 radical (unpaired) electrons. The topological polar surface area (TPSA) is 56.1 Å². The Morgan fingerprint density at radius 2 is 2.12 bits per heavy atom. The molecule has 0 amide bonds. The summed E-state index contributed by atoms with van der Waals surface area (Å²) in [7, 11) is 1.96. The van der Waals surface area contributed by atoms with E-state index in [1.807, 2.05) is 29.1 Å². The minimum atomic E-state index is -0.0965. The van der Waals surface area contributed by atoms with Crippen molar-refractivity contribution in [2.75, 3.05) is 24.6 Å². The average molecular weight is 341 g/mol. The number of nitrogens with zero attached hydrogens (tertiary/aromatic N) is 5. The Morgan fingerprint density at radius 3 is 3.00 bits per heavy atom. The molecule has 0 unspecified atom stereocenters. The van der Waals surface area contributed by atoms with Crippen molar-refractivity contribution >= 4 is 28.4 Å². The number of imidazole rings is 1. The van der Waals surface area contributed by atoms with Crippen molar-refractivity contribution in [3.63, 3.8) is 0 Å². The van der Waals surface area contributed by atoms with Gasteiger partial charge in [0.1, 0.15) is 5.52 Å².